The molecule has 1 heterocycles. The van der Waals surface area contributed by atoms with Crippen molar-refractivity contribution in [2.75, 3.05) is 6.61 Å². The van der Waals surface area contributed by atoms with Gasteiger partial charge in [-0.15, -0.1) is 11.8 Å². The second-order valence-corrected chi connectivity index (χ2v) is 6.70. The van der Waals surface area contributed by atoms with Crippen LogP contribution in [-0.4, -0.2) is 17.7 Å². The molecule has 0 saturated carbocycles. The fourth-order valence-electron chi connectivity index (χ4n) is 2.37. The first-order valence-electron chi connectivity index (χ1n) is 6.65. The fourth-order valence-corrected chi connectivity index (χ4v) is 3.75. The summed E-state index contributed by atoms with van der Waals surface area (Å²) in [6.07, 6.45) is 0.997. The van der Waals surface area contributed by atoms with Crippen LogP contribution in [0.25, 0.3) is 0 Å². The van der Waals surface area contributed by atoms with E-state index in [0.717, 1.165) is 6.42 Å². The van der Waals surface area contributed by atoms with E-state index in [1.807, 2.05) is 11.8 Å². The Bertz CT molecular complexity index is 665. The van der Waals surface area contributed by atoms with Gasteiger partial charge < -0.3 is 10.5 Å². The highest BCUT2D eigenvalue weighted by molar-refractivity contribution is 8.00. The van der Waals surface area contributed by atoms with E-state index in [0.29, 0.717) is 28.2 Å². The minimum atomic E-state index is -0.0102. The van der Waals surface area contributed by atoms with Crippen LogP contribution in [0.5, 0.6) is 5.75 Å². The molecule has 3 nitrogen and oxygen atoms in total. The minimum Gasteiger partial charge on any atom is -0.492 e. The van der Waals surface area contributed by atoms with E-state index in [9.17, 15) is 0 Å². The van der Waals surface area contributed by atoms with Gasteiger partial charge in [0.05, 0.1) is 5.56 Å². The van der Waals surface area contributed by atoms with Crippen molar-refractivity contribution in [3.8, 4) is 5.75 Å². The third-order valence-electron chi connectivity index (χ3n) is 3.37. The van der Waals surface area contributed by atoms with Gasteiger partial charge in [0.2, 0.25) is 0 Å². The predicted molar refractivity (Wildman–Crippen MR) is 87.8 cm³/mol. The lowest BCUT2D eigenvalue weighted by Crippen LogP contribution is -2.17. The lowest BCUT2D eigenvalue weighted by molar-refractivity contribution is 0.317. The normalized spacial score (nSPS) is 16.5. The smallest absolute Gasteiger partial charge is 0.131 e. The van der Waals surface area contributed by atoms with E-state index in [1.54, 1.807) is 18.2 Å². The van der Waals surface area contributed by atoms with Crippen LogP contribution in [0.3, 0.4) is 0 Å². The molecule has 3 rings (SSSR count). The molecule has 0 saturated heterocycles. The molecule has 0 aromatic heterocycles. The van der Waals surface area contributed by atoms with Gasteiger partial charge in [0, 0.05) is 15.2 Å². The van der Waals surface area contributed by atoms with Gasteiger partial charge in [0.1, 0.15) is 18.2 Å². The summed E-state index contributed by atoms with van der Waals surface area (Å²) in [6.45, 7) is 0.569. The first-order chi connectivity index (χ1) is 10.1. The van der Waals surface area contributed by atoms with Crippen LogP contribution in [0.4, 0.5) is 0 Å². The third-order valence-corrected chi connectivity index (χ3v) is 4.90. The maximum atomic E-state index is 7.59. The largest absolute Gasteiger partial charge is 0.492 e. The van der Waals surface area contributed by atoms with Crippen molar-refractivity contribution in [1.29, 1.82) is 5.41 Å². The Balaban J connectivity index is 1.69. The summed E-state index contributed by atoms with van der Waals surface area (Å²) in [5, 5.41) is 8.55. The predicted octanol–water partition coefficient (Wildman–Crippen LogP) is 3.72. The maximum Gasteiger partial charge on any atom is 0.131 e. The number of hydrogen-bond donors (Lipinski definition) is 2. The monoisotopic (exact) mass is 318 g/mol. The highest BCUT2D eigenvalue weighted by Crippen LogP contribution is 2.37. The number of nitrogens with one attached hydrogen (secondary N) is 1. The molecule has 1 atom stereocenters. The number of ether oxygens (including phenoxy) is 1. The lowest BCUT2D eigenvalue weighted by atomic mass is 10.1. The Labute approximate surface area is 133 Å². The Morgan fingerprint density at radius 3 is 2.90 bits per heavy atom. The van der Waals surface area contributed by atoms with E-state index < -0.39 is 0 Å². The summed E-state index contributed by atoms with van der Waals surface area (Å²) in [5.41, 5.74) is 7.52. The summed E-state index contributed by atoms with van der Waals surface area (Å²) in [5.74, 6) is 0.565. The Morgan fingerprint density at radius 2 is 2.14 bits per heavy atom. The number of nitrogen functional groups attached to an aromatic ring is 1. The number of benzene rings is 2. The molecular weight excluding hydrogens is 304 g/mol. The SMILES string of the molecule is N=C(N)c1ccc(Cl)cc1OCC1Cc2ccccc2S1. The van der Waals surface area contributed by atoms with Crippen molar-refractivity contribution in [3.63, 3.8) is 0 Å². The molecule has 1 aliphatic heterocycles. The van der Waals surface area contributed by atoms with Crippen LogP contribution >= 0.6 is 23.4 Å². The van der Waals surface area contributed by atoms with E-state index in [-0.39, 0.29) is 5.84 Å². The molecule has 21 heavy (non-hydrogen) atoms. The average Bonchev–Trinajstić information content (AvgIpc) is 2.87. The van der Waals surface area contributed by atoms with Crippen LogP contribution in [0.15, 0.2) is 47.4 Å². The average molecular weight is 319 g/mol. The van der Waals surface area contributed by atoms with Crippen molar-refractivity contribution in [3.05, 3.63) is 58.6 Å². The molecule has 0 amide bonds. The number of nitrogens with two attached hydrogens (primary N) is 1. The maximum absolute atomic E-state index is 7.59. The van der Waals surface area contributed by atoms with E-state index in [2.05, 4.69) is 24.3 Å². The quantitative estimate of drug-likeness (QED) is 0.667. The van der Waals surface area contributed by atoms with Crippen molar-refractivity contribution in [2.24, 2.45) is 5.73 Å². The van der Waals surface area contributed by atoms with Crippen molar-refractivity contribution < 1.29 is 4.74 Å². The molecule has 0 spiro atoms. The Hall–Kier alpha value is -1.65. The molecule has 2 aromatic rings. The Morgan fingerprint density at radius 1 is 1.33 bits per heavy atom. The summed E-state index contributed by atoms with van der Waals surface area (Å²) in [6, 6.07) is 13.6. The number of hydrogen-bond acceptors (Lipinski definition) is 3. The number of amidine groups is 1. The van der Waals surface area contributed by atoms with Crippen molar-refractivity contribution >= 4 is 29.2 Å². The second-order valence-electron chi connectivity index (χ2n) is 4.92. The molecule has 3 N–H and O–H groups in total. The van der Waals surface area contributed by atoms with Crippen LogP contribution in [-0.2, 0) is 6.42 Å². The molecule has 0 bridgehead atoms. The molecular formula is C16H15ClN2OS. The second kappa shape index (κ2) is 6.00. The van der Waals surface area contributed by atoms with Crippen molar-refractivity contribution in [2.45, 2.75) is 16.6 Å². The van der Waals surface area contributed by atoms with E-state index in [4.69, 9.17) is 27.5 Å². The van der Waals surface area contributed by atoms with Crippen LogP contribution in [0.2, 0.25) is 5.02 Å². The molecule has 108 valence electrons. The van der Waals surface area contributed by atoms with Gasteiger partial charge in [-0.3, -0.25) is 5.41 Å². The lowest BCUT2D eigenvalue weighted by Gasteiger charge is -2.14. The summed E-state index contributed by atoms with van der Waals surface area (Å²) in [7, 11) is 0. The fraction of sp³-hybridized carbons (Fsp3) is 0.188. The molecule has 0 fully saturated rings. The van der Waals surface area contributed by atoms with Crippen LogP contribution in [0.1, 0.15) is 11.1 Å². The zero-order valence-electron chi connectivity index (χ0n) is 11.3. The first-order valence-corrected chi connectivity index (χ1v) is 7.90. The first kappa shape index (κ1) is 14.3. The number of rotatable bonds is 4. The summed E-state index contributed by atoms with van der Waals surface area (Å²) < 4.78 is 5.87. The van der Waals surface area contributed by atoms with E-state index in [1.165, 1.54) is 10.5 Å². The molecule has 1 unspecified atom stereocenters. The summed E-state index contributed by atoms with van der Waals surface area (Å²) in [4.78, 5) is 1.32. The van der Waals surface area contributed by atoms with Gasteiger partial charge in [0.25, 0.3) is 0 Å². The molecule has 2 aromatic carbocycles. The van der Waals surface area contributed by atoms with Gasteiger partial charge >= 0.3 is 0 Å². The number of halogens is 1. The number of fused-ring (bicyclic) bond motifs is 1. The Kier molecular flexibility index (Phi) is 4.08. The van der Waals surface area contributed by atoms with Crippen LogP contribution < -0.4 is 10.5 Å². The van der Waals surface area contributed by atoms with Crippen LogP contribution in [0, 0.1) is 5.41 Å². The highest BCUT2D eigenvalue weighted by Gasteiger charge is 2.22. The van der Waals surface area contributed by atoms with Gasteiger partial charge in [-0.1, -0.05) is 29.8 Å². The zero-order valence-corrected chi connectivity index (χ0v) is 12.9. The molecule has 0 aliphatic carbocycles. The molecule has 0 radical (unpaired) electrons. The molecule has 1 aliphatic rings. The van der Waals surface area contributed by atoms with Gasteiger partial charge in [-0.25, -0.2) is 0 Å². The number of thioether (sulfide) groups is 1. The standard InChI is InChI=1S/C16H15ClN2OS/c17-11-5-6-13(16(18)19)14(8-11)20-9-12-7-10-3-1-2-4-15(10)21-12/h1-6,8,12H,7,9H2,(H3,18,19). The van der Waals surface area contributed by atoms with Gasteiger partial charge in [-0.2, -0.15) is 0 Å². The van der Waals surface area contributed by atoms with Gasteiger partial charge in [0.15, 0.2) is 0 Å². The topological polar surface area (TPSA) is 59.1 Å². The summed E-state index contributed by atoms with van der Waals surface area (Å²) >= 11 is 7.82. The van der Waals surface area contributed by atoms with Gasteiger partial charge in [-0.05, 0) is 36.2 Å². The van der Waals surface area contributed by atoms with Crippen molar-refractivity contribution in [1.82, 2.24) is 0 Å². The zero-order chi connectivity index (χ0) is 14.8. The minimum absolute atomic E-state index is 0.0102. The molecule has 5 heteroatoms. The highest BCUT2D eigenvalue weighted by atomic mass is 35.5. The third kappa shape index (κ3) is 3.17. The van der Waals surface area contributed by atoms with E-state index >= 15 is 0 Å².